The van der Waals surface area contributed by atoms with E-state index in [1.54, 1.807) is 33.2 Å². The van der Waals surface area contributed by atoms with E-state index >= 15 is 0 Å². The van der Waals surface area contributed by atoms with Gasteiger partial charge in [-0.3, -0.25) is 4.79 Å². The number of likely N-dealkylation sites (N-methyl/N-ethyl adjacent to an activating group) is 1. The molecule has 0 fully saturated rings. The standard InChI is InChI=1S/C13H21N3O3S/c1-9(14)11-6-5-7-12(8-11)20(18,19)15-10(2)13(17)16(3)4/h5-10,15H,14H2,1-4H3. The minimum Gasteiger partial charge on any atom is -0.347 e. The summed E-state index contributed by atoms with van der Waals surface area (Å²) in [5, 5.41) is 0. The molecule has 0 spiro atoms. The van der Waals surface area contributed by atoms with Gasteiger partial charge in [0.1, 0.15) is 0 Å². The van der Waals surface area contributed by atoms with Gasteiger partial charge >= 0.3 is 0 Å². The van der Waals surface area contributed by atoms with Gasteiger partial charge in [-0.05, 0) is 31.5 Å². The van der Waals surface area contributed by atoms with Crippen LogP contribution in [0.2, 0.25) is 0 Å². The van der Waals surface area contributed by atoms with Crippen molar-refractivity contribution >= 4 is 15.9 Å². The lowest BCUT2D eigenvalue weighted by molar-refractivity contribution is -0.130. The molecule has 1 amide bonds. The minimum atomic E-state index is -3.75. The first-order valence-corrected chi connectivity index (χ1v) is 7.72. The van der Waals surface area contributed by atoms with Gasteiger partial charge in [-0.2, -0.15) is 4.72 Å². The van der Waals surface area contributed by atoms with Crippen molar-refractivity contribution in [3.63, 3.8) is 0 Å². The molecule has 0 bridgehead atoms. The van der Waals surface area contributed by atoms with Gasteiger partial charge in [-0.15, -0.1) is 0 Å². The molecular weight excluding hydrogens is 278 g/mol. The molecule has 6 nitrogen and oxygen atoms in total. The third kappa shape index (κ3) is 4.03. The van der Waals surface area contributed by atoms with Gasteiger partial charge < -0.3 is 10.6 Å². The second-order valence-corrected chi connectivity index (χ2v) is 6.65. The molecule has 7 heteroatoms. The van der Waals surface area contributed by atoms with Crippen molar-refractivity contribution in [2.24, 2.45) is 5.73 Å². The number of nitrogens with zero attached hydrogens (tertiary/aromatic N) is 1. The van der Waals surface area contributed by atoms with Gasteiger partial charge in [-0.1, -0.05) is 12.1 Å². The first-order chi connectivity index (χ1) is 9.15. The molecule has 20 heavy (non-hydrogen) atoms. The highest BCUT2D eigenvalue weighted by molar-refractivity contribution is 7.89. The highest BCUT2D eigenvalue weighted by atomic mass is 32.2. The van der Waals surface area contributed by atoms with Gasteiger partial charge in [-0.25, -0.2) is 8.42 Å². The molecule has 0 heterocycles. The van der Waals surface area contributed by atoms with Crippen LogP contribution in [-0.4, -0.2) is 39.4 Å². The zero-order valence-corrected chi connectivity index (χ0v) is 12.9. The average Bonchev–Trinajstić information content (AvgIpc) is 2.37. The molecule has 1 rings (SSSR count). The zero-order valence-electron chi connectivity index (χ0n) is 12.1. The van der Waals surface area contributed by atoms with E-state index in [-0.39, 0.29) is 16.8 Å². The van der Waals surface area contributed by atoms with E-state index in [4.69, 9.17) is 5.73 Å². The van der Waals surface area contributed by atoms with Gasteiger partial charge in [0.2, 0.25) is 15.9 Å². The van der Waals surface area contributed by atoms with Crippen molar-refractivity contribution in [2.45, 2.75) is 30.8 Å². The van der Waals surface area contributed by atoms with Crippen molar-refractivity contribution in [3.8, 4) is 0 Å². The van der Waals surface area contributed by atoms with Gasteiger partial charge in [0.25, 0.3) is 0 Å². The molecule has 112 valence electrons. The van der Waals surface area contributed by atoms with E-state index in [0.717, 1.165) is 5.56 Å². The number of hydrogen-bond donors (Lipinski definition) is 2. The Hall–Kier alpha value is -1.44. The Kier molecular flexibility index (Phi) is 5.27. The molecule has 0 aromatic heterocycles. The van der Waals surface area contributed by atoms with Gasteiger partial charge in [0, 0.05) is 20.1 Å². The van der Waals surface area contributed by atoms with Crippen molar-refractivity contribution in [3.05, 3.63) is 29.8 Å². The molecule has 2 unspecified atom stereocenters. The highest BCUT2D eigenvalue weighted by Crippen LogP contribution is 2.16. The summed E-state index contributed by atoms with van der Waals surface area (Å²) in [6.07, 6.45) is 0. The number of amides is 1. The van der Waals surface area contributed by atoms with E-state index in [2.05, 4.69) is 4.72 Å². The summed E-state index contributed by atoms with van der Waals surface area (Å²) in [6.45, 7) is 3.28. The molecule has 0 aliphatic heterocycles. The molecule has 3 N–H and O–H groups in total. The maximum absolute atomic E-state index is 12.2. The van der Waals surface area contributed by atoms with E-state index in [0.29, 0.717) is 0 Å². The van der Waals surface area contributed by atoms with E-state index in [1.807, 2.05) is 0 Å². The summed E-state index contributed by atoms with van der Waals surface area (Å²) in [5.41, 5.74) is 6.46. The van der Waals surface area contributed by atoms with Crippen molar-refractivity contribution in [2.75, 3.05) is 14.1 Å². The smallest absolute Gasteiger partial charge is 0.241 e. The summed E-state index contributed by atoms with van der Waals surface area (Å²) in [5.74, 6) is -0.308. The van der Waals surface area contributed by atoms with Crippen LogP contribution in [0.1, 0.15) is 25.5 Å². The van der Waals surface area contributed by atoms with E-state index in [1.165, 1.54) is 24.0 Å². The average molecular weight is 299 g/mol. The SMILES string of the molecule is CC(NS(=O)(=O)c1cccc(C(C)N)c1)C(=O)N(C)C. The summed E-state index contributed by atoms with van der Waals surface area (Å²) >= 11 is 0. The van der Waals surface area contributed by atoms with Crippen LogP contribution < -0.4 is 10.5 Å². The van der Waals surface area contributed by atoms with Crippen LogP contribution in [0, 0.1) is 0 Å². The quantitative estimate of drug-likeness (QED) is 0.826. The van der Waals surface area contributed by atoms with Gasteiger partial charge in [0.05, 0.1) is 10.9 Å². The van der Waals surface area contributed by atoms with Crippen molar-refractivity contribution in [1.29, 1.82) is 0 Å². The molecule has 0 aliphatic carbocycles. The lowest BCUT2D eigenvalue weighted by Crippen LogP contribution is -2.44. The fourth-order valence-corrected chi connectivity index (χ4v) is 2.95. The number of nitrogens with one attached hydrogen (secondary N) is 1. The maximum atomic E-state index is 12.2. The predicted molar refractivity (Wildman–Crippen MR) is 77.5 cm³/mol. The Balaban J connectivity index is 3.00. The van der Waals surface area contributed by atoms with Crippen molar-refractivity contribution < 1.29 is 13.2 Å². The summed E-state index contributed by atoms with van der Waals surface area (Å²) in [4.78, 5) is 13.1. The number of carbonyl (C=O) groups excluding carboxylic acids is 1. The van der Waals surface area contributed by atoms with Crippen LogP contribution in [0.25, 0.3) is 0 Å². The molecule has 2 atom stereocenters. The van der Waals surface area contributed by atoms with Crippen LogP contribution >= 0.6 is 0 Å². The summed E-state index contributed by atoms with van der Waals surface area (Å²) in [7, 11) is -0.601. The number of carbonyl (C=O) groups is 1. The number of hydrogen-bond acceptors (Lipinski definition) is 4. The van der Waals surface area contributed by atoms with Crippen LogP contribution in [0.3, 0.4) is 0 Å². The van der Waals surface area contributed by atoms with Gasteiger partial charge in [0.15, 0.2) is 0 Å². The normalized spacial score (nSPS) is 14.7. The van der Waals surface area contributed by atoms with Crippen LogP contribution in [0.4, 0.5) is 0 Å². The number of sulfonamides is 1. The largest absolute Gasteiger partial charge is 0.347 e. The molecule has 1 aromatic rings. The number of nitrogens with two attached hydrogens (primary N) is 1. The lowest BCUT2D eigenvalue weighted by Gasteiger charge is -2.18. The second-order valence-electron chi connectivity index (χ2n) is 4.94. The third-order valence-electron chi connectivity index (χ3n) is 2.84. The van der Waals surface area contributed by atoms with Crippen LogP contribution in [-0.2, 0) is 14.8 Å². The molecule has 1 aromatic carbocycles. The lowest BCUT2D eigenvalue weighted by atomic mass is 10.1. The van der Waals surface area contributed by atoms with E-state index < -0.39 is 16.1 Å². The highest BCUT2D eigenvalue weighted by Gasteiger charge is 2.23. The Morgan fingerprint density at radius 3 is 2.40 bits per heavy atom. The first-order valence-electron chi connectivity index (χ1n) is 6.24. The number of benzene rings is 1. The fourth-order valence-electron chi connectivity index (χ4n) is 1.70. The summed E-state index contributed by atoms with van der Waals surface area (Å²) < 4.78 is 26.8. The summed E-state index contributed by atoms with van der Waals surface area (Å²) in [6, 6.07) is 5.30. The van der Waals surface area contributed by atoms with Crippen molar-refractivity contribution in [1.82, 2.24) is 9.62 Å². The minimum absolute atomic E-state index is 0.103. The maximum Gasteiger partial charge on any atom is 0.241 e. The zero-order chi connectivity index (χ0) is 15.5. The first kappa shape index (κ1) is 16.6. The predicted octanol–water partition coefficient (Wildman–Crippen LogP) is 0.461. The van der Waals surface area contributed by atoms with Crippen LogP contribution in [0.15, 0.2) is 29.2 Å². The number of rotatable bonds is 5. The molecule has 0 radical (unpaired) electrons. The molecule has 0 saturated heterocycles. The third-order valence-corrected chi connectivity index (χ3v) is 4.38. The Labute approximate surface area is 120 Å². The Bertz CT molecular complexity index is 582. The Morgan fingerprint density at radius 1 is 1.30 bits per heavy atom. The topological polar surface area (TPSA) is 92.5 Å². The molecular formula is C13H21N3O3S. The molecule has 0 aliphatic rings. The molecule has 0 saturated carbocycles. The van der Waals surface area contributed by atoms with Crippen LogP contribution in [0.5, 0.6) is 0 Å². The Morgan fingerprint density at radius 2 is 1.90 bits per heavy atom. The fraction of sp³-hybridized carbons (Fsp3) is 0.462. The van der Waals surface area contributed by atoms with E-state index in [9.17, 15) is 13.2 Å². The monoisotopic (exact) mass is 299 g/mol. The second kappa shape index (κ2) is 6.34.